The molecule has 0 aromatic carbocycles. The molecule has 1 heterocycles. The number of hydrogen-bond donors (Lipinski definition) is 0. The molecule has 0 unspecified atom stereocenters. The van der Waals surface area contributed by atoms with Gasteiger partial charge in [0.1, 0.15) is 5.76 Å². The largest absolute Gasteiger partial charge is 0.470 e. The lowest BCUT2D eigenvalue weighted by Crippen LogP contribution is -1.91. The van der Waals surface area contributed by atoms with E-state index in [1.807, 2.05) is 19.1 Å². The van der Waals surface area contributed by atoms with Crippen molar-refractivity contribution in [2.45, 2.75) is 6.92 Å². The summed E-state index contributed by atoms with van der Waals surface area (Å²) in [6, 6.07) is 3.79. The highest BCUT2D eigenvalue weighted by atomic mass is 16.5. The zero-order chi connectivity index (χ0) is 9.40. The molecule has 66 valence electrons. The van der Waals surface area contributed by atoms with Crippen molar-refractivity contribution >= 4 is 5.97 Å². The number of rotatable bonds is 1. The van der Waals surface area contributed by atoms with Crippen LogP contribution in [0.4, 0.5) is 0 Å². The van der Waals surface area contributed by atoms with Gasteiger partial charge in [-0.05, 0) is 19.1 Å². The Bertz CT molecular complexity index is 224. The second-order valence-corrected chi connectivity index (χ2v) is 1.95. The summed E-state index contributed by atoms with van der Waals surface area (Å²) in [6.07, 6.45) is 2.77. The van der Waals surface area contributed by atoms with Gasteiger partial charge < -0.3 is 9.15 Å². The maximum Gasteiger partial charge on any atom is 0.329 e. The highest BCUT2D eigenvalue weighted by molar-refractivity contribution is 5.80. The molecule has 0 aliphatic heterocycles. The lowest BCUT2D eigenvalue weighted by atomic mass is 10.5. The van der Waals surface area contributed by atoms with Gasteiger partial charge in [-0.15, -0.1) is 0 Å². The van der Waals surface area contributed by atoms with E-state index in [0.717, 1.165) is 11.8 Å². The van der Waals surface area contributed by atoms with E-state index in [9.17, 15) is 4.79 Å². The molecule has 0 aliphatic rings. The van der Waals surface area contributed by atoms with Gasteiger partial charge >= 0.3 is 5.97 Å². The van der Waals surface area contributed by atoms with E-state index in [1.165, 1.54) is 7.11 Å². The van der Waals surface area contributed by atoms with Crippen molar-refractivity contribution in [2.75, 3.05) is 7.11 Å². The Morgan fingerprint density at radius 2 is 2.42 bits per heavy atom. The fourth-order valence-electron chi connectivity index (χ4n) is 0.444. The molecule has 0 saturated heterocycles. The van der Waals surface area contributed by atoms with Gasteiger partial charge in [-0.3, -0.25) is 0 Å². The van der Waals surface area contributed by atoms with Crippen molar-refractivity contribution in [1.82, 2.24) is 0 Å². The van der Waals surface area contributed by atoms with Crippen molar-refractivity contribution in [2.24, 2.45) is 0 Å². The van der Waals surface area contributed by atoms with Gasteiger partial charge in [0.2, 0.25) is 0 Å². The van der Waals surface area contributed by atoms with Gasteiger partial charge in [0.25, 0.3) is 0 Å². The number of ether oxygens (including phenoxy) is 1. The molecule has 0 aliphatic carbocycles. The van der Waals surface area contributed by atoms with E-state index in [-0.39, 0.29) is 0 Å². The van der Waals surface area contributed by atoms with E-state index >= 15 is 0 Å². The predicted octanol–water partition coefficient (Wildman–Crippen LogP) is 1.93. The summed E-state index contributed by atoms with van der Waals surface area (Å²) in [5.41, 5.74) is 0. The first kappa shape index (κ1) is 10.5. The lowest BCUT2D eigenvalue weighted by molar-refractivity contribution is -0.134. The zero-order valence-corrected chi connectivity index (χ0v) is 7.24. The second-order valence-electron chi connectivity index (χ2n) is 1.95. The van der Waals surface area contributed by atoms with Crippen molar-refractivity contribution < 1.29 is 13.9 Å². The third kappa shape index (κ3) is 5.29. The average molecular weight is 168 g/mol. The summed E-state index contributed by atoms with van der Waals surface area (Å²) in [7, 11) is 1.31. The highest BCUT2D eigenvalue weighted by Crippen LogP contribution is 1.93. The standard InChI is InChI=1S/C5H6O.C4H6O2/c1-5-3-2-4-6-5;1-3-4(5)6-2/h2-4H,1H3;3H,1H2,2H3. The van der Waals surface area contributed by atoms with Crippen LogP contribution in [0.5, 0.6) is 0 Å². The first-order chi connectivity index (χ1) is 5.70. The quantitative estimate of drug-likeness (QED) is 0.475. The summed E-state index contributed by atoms with van der Waals surface area (Å²) in [6.45, 7) is 5.07. The smallest absolute Gasteiger partial charge is 0.329 e. The summed E-state index contributed by atoms with van der Waals surface area (Å²) in [5.74, 6) is 0.574. The summed E-state index contributed by atoms with van der Waals surface area (Å²) >= 11 is 0. The maximum absolute atomic E-state index is 9.84. The van der Waals surface area contributed by atoms with Crippen LogP contribution in [0.1, 0.15) is 5.76 Å². The Morgan fingerprint density at radius 3 is 2.50 bits per heavy atom. The normalized spacial score (nSPS) is 7.83. The molecule has 0 spiro atoms. The molecule has 0 fully saturated rings. The Hall–Kier alpha value is -1.51. The fraction of sp³-hybridized carbons (Fsp3) is 0.222. The predicted molar refractivity (Wildman–Crippen MR) is 45.7 cm³/mol. The molecule has 0 N–H and O–H groups in total. The molecular formula is C9H12O3. The second kappa shape index (κ2) is 6.22. The molecule has 0 radical (unpaired) electrons. The van der Waals surface area contributed by atoms with Gasteiger partial charge in [-0.25, -0.2) is 4.79 Å². The van der Waals surface area contributed by atoms with Crippen LogP contribution in [0.2, 0.25) is 0 Å². The average Bonchev–Trinajstić information content (AvgIpc) is 2.55. The zero-order valence-electron chi connectivity index (χ0n) is 7.24. The number of hydrogen-bond acceptors (Lipinski definition) is 3. The first-order valence-electron chi connectivity index (χ1n) is 3.41. The number of aryl methyl sites for hydroxylation is 1. The van der Waals surface area contributed by atoms with Crippen LogP contribution in [-0.2, 0) is 9.53 Å². The van der Waals surface area contributed by atoms with E-state index in [1.54, 1.807) is 6.26 Å². The third-order valence-corrected chi connectivity index (χ3v) is 1.03. The minimum atomic E-state index is -0.394. The monoisotopic (exact) mass is 168 g/mol. The molecule has 12 heavy (non-hydrogen) atoms. The highest BCUT2D eigenvalue weighted by Gasteiger charge is 1.81. The van der Waals surface area contributed by atoms with Crippen LogP contribution in [-0.4, -0.2) is 13.1 Å². The van der Waals surface area contributed by atoms with Crippen molar-refractivity contribution in [3.05, 3.63) is 36.8 Å². The summed E-state index contributed by atoms with van der Waals surface area (Å²) in [4.78, 5) is 9.84. The third-order valence-electron chi connectivity index (χ3n) is 1.03. The number of carbonyl (C=O) groups excluding carboxylic acids is 1. The van der Waals surface area contributed by atoms with Gasteiger partial charge in [-0.2, -0.15) is 0 Å². The van der Waals surface area contributed by atoms with Gasteiger partial charge in [-0.1, -0.05) is 6.58 Å². The number of carbonyl (C=O) groups is 1. The Kier molecular flexibility index (Phi) is 5.43. The van der Waals surface area contributed by atoms with Crippen LogP contribution in [0.15, 0.2) is 35.5 Å². The van der Waals surface area contributed by atoms with Gasteiger partial charge in [0.05, 0.1) is 13.4 Å². The SMILES string of the molecule is C=CC(=O)OC.Cc1ccco1. The molecule has 0 atom stereocenters. The minimum absolute atomic E-state index is 0.394. The minimum Gasteiger partial charge on any atom is -0.470 e. The van der Waals surface area contributed by atoms with E-state index < -0.39 is 5.97 Å². The van der Waals surface area contributed by atoms with Crippen LogP contribution >= 0.6 is 0 Å². The van der Waals surface area contributed by atoms with Crippen LogP contribution < -0.4 is 0 Å². The molecule has 1 rings (SSSR count). The maximum atomic E-state index is 9.84. The number of esters is 1. The van der Waals surface area contributed by atoms with Gasteiger partial charge in [0.15, 0.2) is 0 Å². The fourth-order valence-corrected chi connectivity index (χ4v) is 0.444. The first-order valence-corrected chi connectivity index (χ1v) is 3.41. The molecular weight excluding hydrogens is 156 g/mol. The molecule has 0 amide bonds. The Balaban J connectivity index is 0.000000202. The Labute approximate surface area is 71.6 Å². The molecule has 1 aromatic heterocycles. The van der Waals surface area contributed by atoms with Crippen LogP contribution in [0.3, 0.4) is 0 Å². The Morgan fingerprint density at radius 1 is 1.75 bits per heavy atom. The molecule has 3 nitrogen and oxygen atoms in total. The van der Waals surface area contributed by atoms with E-state index in [2.05, 4.69) is 11.3 Å². The molecule has 1 aromatic rings. The molecule has 0 bridgehead atoms. The molecule has 0 saturated carbocycles. The summed E-state index contributed by atoms with van der Waals surface area (Å²) < 4.78 is 8.98. The van der Waals surface area contributed by atoms with Crippen LogP contribution in [0.25, 0.3) is 0 Å². The topological polar surface area (TPSA) is 39.4 Å². The van der Waals surface area contributed by atoms with Crippen molar-refractivity contribution in [3.63, 3.8) is 0 Å². The van der Waals surface area contributed by atoms with Crippen molar-refractivity contribution in [3.8, 4) is 0 Å². The number of furan rings is 1. The van der Waals surface area contributed by atoms with E-state index in [4.69, 9.17) is 4.42 Å². The van der Waals surface area contributed by atoms with Gasteiger partial charge in [0, 0.05) is 6.08 Å². The molecule has 3 heteroatoms. The van der Waals surface area contributed by atoms with E-state index in [0.29, 0.717) is 0 Å². The van der Waals surface area contributed by atoms with Crippen LogP contribution in [0, 0.1) is 6.92 Å². The summed E-state index contributed by atoms with van der Waals surface area (Å²) in [5, 5.41) is 0. The number of methoxy groups -OCH3 is 1. The van der Waals surface area contributed by atoms with Crippen molar-refractivity contribution in [1.29, 1.82) is 0 Å². The lowest BCUT2D eigenvalue weighted by Gasteiger charge is -1.83.